The highest BCUT2D eigenvalue weighted by atomic mass is 32.2. The maximum atomic E-state index is 10.2. The lowest BCUT2D eigenvalue weighted by Crippen LogP contribution is -2.20. The van der Waals surface area contributed by atoms with Gasteiger partial charge in [0.2, 0.25) is 6.79 Å². The van der Waals surface area contributed by atoms with Crippen molar-refractivity contribution in [3.8, 4) is 22.9 Å². The van der Waals surface area contributed by atoms with Gasteiger partial charge in [0.15, 0.2) is 16.7 Å². The van der Waals surface area contributed by atoms with Gasteiger partial charge in [-0.05, 0) is 24.3 Å². The Morgan fingerprint density at radius 2 is 2.00 bits per heavy atom. The molecule has 0 saturated carbocycles. The van der Waals surface area contributed by atoms with Gasteiger partial charge in [0.05, 0.1) is 6.10 Å². The van der Waals surface area contributed by atoms with E-state index in [-0.39, 0.29) is 13.4 Å². The molecule has 7 nitrogen and oxygen atoms in total. The topological polar surface area (TPSA) is 78.6 Å². The Hall–Kier alpha value is -2.71. The molecular weight excluding hydrogens is 354 g/mol. The van der Waals surface area contributed by atoms with Crippen LogP contribution in [0.4, 0.5) is 0 Å². The van der Waals surface area contributed by atoms with Gasteiger partial charge >= 0.3 is 0 Å². The van der Waals surface area contributed by atoms with Crippen molar-refractivity contribution in [2.75, 3.05) is 19.2 Å². The molecule has 8 heteroatoms. The molecule has 0 aliphatic carbocycles. The van der Waals surface area contributed by atoms with Gasteiger partial charge in [0.1, 0.15) is 18.7 Å². The molecule has 1 aliphatic heterocycles. The number of fused-ring (bicyclic) bond motifs is 1. The van der Waals surface area contributed by atoms with Gasteiger partial charge in [0, 0.05) is 17.5 Å². The molecule has 2 heterocycles. The summed E-state index contributed by atoms with van der Waals surface area (Å²) in [4.78, 5) is 0. The van der Waals surface area contributed by atoms with E-state index >= 15 is 0 Å². The molecule has 0 spiro atoms. The fraction of sp³-hybridized carbons (Fsp3) is 0.222. The number of benzene rings is 2. The zero-order valence-corrected chi connectivity index (χ0v) is 14.6. The molecular formula is C18H17N3O4S. The molecule has 0 saturated heterocycles. The van der Waals surface area contributed by atoms with Crippen molar-refractivity contribution >= 4 is 11.8 Å². The number of hydrogen-bond donors (Lipinski definition) is 1. The minimum absolute atomic E-state index is 0.173. The Balaban J connectivity index is 1.31. The molecule has 2 aromatic carbocycles. The Labute approximate surface area is 154 Å². The van der Waals surface area contributed by atoms with Crippen molar-refractivity contribution in [2.24, 2.45) is 0 Å². The monoisotopic (exact) mass is 371 g/mol. The Morgan fingerprint density at radius 3 is 2.88 bits per heavy atom. The minimum Gasteiger partial charge on any atom is -0.491 e. The van der Waals surface area contributed by atoms with Crippen molar-refractivity contribution in [3.63, 3.8) is 0 Å². The fourth-order valence-corrected chi connectivity index (χ4v) is 3.30. The molecule has 0 fully saturated rings. The second-order valence-electron chi connectivity index (χ2n) is 5.61. The first-order valence-electron chi connectivity index (χ1n) is 8.08. The normalized spacial score (nSPS) is 13.6. The molecule has 3 aromatic rings. The SMILES string of the molecule is O[C@@H](COc1ccc2c(c1)OCO2)CSc1nncn1-c1ccccc1. The van der Waals surface area contributed by atoms with Gasteiger partial charge < -0.3 is 19.3 Å². The quantitative estimate of drug-likeness (QED) is 0.639. The van der Waals surface area contributed by atoms with Crippen LogP contribution in [-0.4, -0.2) is 45.1 Å². The summed E-state index contributed by atoms with van der Waals surface area (Å²) in [6, 6.07) is 15.2. The molecule has 1 aliphatic rings. The number of aliphatic hydroxyl groups is 1. The molecule has 1 atom stereocenters. The number of aliphatic hydroxyl groups excluding tert-OH is 1. The maximum absolute atomic E-state index is 10.2. The zero-order valence-electron chi connectivity index (χ0n) is 13.8. The van der Waals surface area contributed by atoms with Crippen LogP contribution in [-0.2, 0) is 0 Å². The largest absolute Gasteiger partial charge is 0.491 e. The molecule has 0 bridgehead atoms. The van der Waals surface area contributed by atoms with Gasteiger partial charge in [-0.25, -0.2) is 0 Å². The van der Waals surface area contributed by atoms with Crippen LogP contribution in [0.5, 0.6) is 17.2 Å². The van der Waals surface area contributed by atoms with Crippen LogP contribution in [0.15, 0.2) is 60.0 Å². The summed E-state index contributed by atoms with van der Waals surface area (Å²) < 4.78 is 18.1. The second-order valence-corrected chi connectivity index (χ2v) is 6.60. The van der Waals surface area contributed by atoms with Gasteiger partial charge in [-0.2, -0.15) is 0 Å². The van der Waals surface area contributed by atoms with Crippen LogP contribution in [0.2, 0.25) is 0 Å². The van der Waals surface area contributed by atoms with E-state index in [2.05, 4.69) is 10.2 Å². The van der Waals surface area contributed by atoms with E-state index in [1.807, 2.05) is 34.9 Å². The van der Waals surface area contributed by atoms with Crippen LogP contribution in [0.3, 0.4) is 0 Å². The molecule has 0 unspecified atom stereocenters. The number of nitrogens with zero attached hydrogens (tertiary/aromatic N) is 3. The third-order valence-corrected chi connectivity index (χ3v) is 4.83. The number of para-hydroxylation sites is 1. The van der Waals surface area contributed by atoms with Crippen molar-refractivity contribution in [3.05, 3.63) is 54.9 Å². The first-order valence-corrected chi connectivity index (χ1v) is 9.07. The third kappa shape index (κ3) is 3.76. The number of ether oxygens (including phenoxy) is 3. The number of thioether (sulfide) groups is 1. The van der Waals surface area contributed by atoms with Crippen LogP contribution < -0.4 is 14.2 Å². The van der Waals surface area contributed by atoms with Gasteiger partial charge in [-0.3, -0.25) is 4.57 Å². The highest BCUT2D eigenvalue weighted by Gasteiger charge is 2.15. The van der Waals surface area contributed by atoms with Crippen molar-refractivity contribution in [2.45, 2.75) is 11.3 Å². The van der Waals surface area contributed by atoms with Crippen LogP contribution in [0.1, 0.15) is 0 Å². The second kappa shape index (κ2) is 7.67. The summed E-state index contributed by atoms with van der Waals surface area (Å²) >= 11 is 1.43. The minimum atomic E-state index is -0.647. The Morgan fingerprint density at radius 1 is 1.15 bits per heavy atom. The number of aromatic nitrogens is 3. The summed E-state index contributed by atoms with van der Waals surface area (Å²) in [5.74, 6) is 2.43. The van der Waals surface area contributed by atoms with E-state index in [0.717, 1.165) is 10.8 Å². The third-order valence-electron chi connectivity index (χ3n) is 3.74. The predicted octanol–water partition coefficient (Wildman–Crippen LogP) is 2.53. The highest BCUT2D eigenvalue weighted by Crippen LogP contribution is 2.35. The van der Waals surface area contributed by atoms with Crippen molar-refractivity contribution in [1.29, 1.82) is 0 Å². The average molecular weight is 371 g/mol. The van der Waals surface area contributed by atoms with E-state index in [0.29, 0.717) is 23.0 Å². The molecule has 4 rings (SSSR count). The molecule has 0 radical (unpaired) electrons. The summed E-state index contributed by atoms with van der Waals surface area (Å²) in [5, 5.41) is 19.0. The van der Waals surface area contributed by atoms with Gasteiger partial charge in [-0.15, -0.1) is 10.2 Å². The molecule has 134 valence electrons. The maximum Gasteiger partial charge on any atom is 0.231 e. The van der Waals surface area contributed by atoms with E-state index in [9.17, 15) is 5.11 Å². The molecule has 26 heavy (non-hydrogen) atoms. The first kappa shape index (κ1) is 16.7. The van der Waals surface area contributed by atoms with E-state index in [1.54, 1.807) is 24.5 Å². The lowest BCUT2D eigenvalue weighted by atomic mass is 10.3. The number of hydrogen-bond acceptors (Lipinski definition) is 7. The standard InChI is InChI=1S/C18H17N3O4S/c22-14(9-23-15-6-7-16-17(8-15)25-12-24-16)10-26-18-20-19-11-21(18)13-4-2-1-3-5-13/h1-8,11,14,22H,9-10,12H2/t14-/m0/s1. The summed E-state index contributed by atoms with van der Waals surface area (Å²) in [6.45, 7) is 0.395. The molecule has 1 N–H and O–H groups in total. The van der Waals surface area contributed by atoms with Crippen LogP contribution >= 0.6 is 11.8 Å². The smallest absolute Gasteiger partial charge is 0.231 e. The zero-order chi connectivity index (χ0) is 17.8. The Kier molecular flexibility index (Phi) is 4.94. The summed E-state index contributed by atoms with van der Waals surface area (Å²) in [5.41, 5.74) is 0.978. The molecule has 0 amide bonds. The summed E-state index contributed by atoms with van der Waals surface area (Å²) in [7, 11) is 0. The lowest BCUT2D eigenvalue weighted by Gasteiger charge is -2.12. The van der Waals surface area contributed by atoms with E-state index in [1.165, 1.54) is 11.8 Å². The van der Waals surface area contributed by atoms with Crippen molar-refractivity contribution < 1.29 is 19.3 Å². The highest BCUT2D eigenvalue weighted by molar-refractivity contribution is 7.99. The van der Waals surface area contributed by atoms with Gasteiger partial charge in [-0.1, -0.05) is 30.0 Å². The van der Waals surface area contributed by atoms with Crippen molar-refractivity contribution in [1.82, 2.24) is 14.8 Å². The molecule has 1 aromatic heterocycles. The van der Waals surface area contributed by atoms with Gasteiger partial charge in [0.25, 0.3) is 0 Å². The van der Waals surface area contributed by atoms with E-state index < -0.39 is 6.10 Å². The lowest BCUT2D eigenvalue weighted by molar-refractivity contribution is 0.126. The average Bonchev–Trinajstić information content (AvgIpc) is 3.34. The number of rotatable bonds is 7. The Bertz CT molecular complexity index is 872. The summed E-state index contributed by atoms with van der Waals surface area (Å²) in [6.07, 6.45) is 1.01. The predicted molar refractivity (Wildman–Crippen MR) is 96.1 cm³/mol. The fourth-order valence-electron chi connectivity index (χ4n) is 2.47. The van der Waals surface area contributed by atoms with Crippen LogP contribution in [0.25, 0.3) is 5.69 Å². The first-order chi connectivity index (χ1) is 12.8. The van der Waals surface area contributed by atoms with E-state index in [4.69, 9.17) is 14.2 Å². The van der Waals surface area contributed by atoms with Crippen LogP contribution in [0, 0.1) is 0 Å².